The Kier molecular flexibility index (Phi) is 7.70. The first kappa shape index (κ1) is 17.6. The molecule has 6 heteroatoms. The van der Waals surface area contributed by atoms with Gasteiger partial charge in [-0.1, -0.05) is 31.4 Å². The molecule has 0 N–H and O–H groups in total. The second-order valence-electron chi connectivity index (χ2n) is 4.61. The number of benzene rings is 1. The van der Waals surface area contributed by atoms with Crippen LogP contribution in [0.3, 0.4) is 0 Å². The van der Waals surface area contributed by atoms with Gasteiger partial charge >= 0.3 is 0 Å². The summed E-state index contributed by atoms with van der Waals surface area (Å²) in [6, 6.07) is 5.67. The SMILES string of the molecule is CCc1cc(OCCCCCCS(=O)(=O)Cl)ccc1Cl. The summed E-state index contributed by atoms with van der Waals surface area (Å²) in [6.07, 6.45) is 4.15. The van der Waals surface area contributed by atoms with Gasteiger partial charge in [-0.05, 0) is 43.0 Å². The zero-order chi connectivity index (χ0) is 15.0. The van der Waals surface area contributed by atoms with Crippen LogP contribution in [0.4, 0.5) is 0 Å². The lowest BCUT2D eigenvalue weighted by Gasteiger charge is -2.08. The molecule has 0 radical (unpaired) electrons. The van der Waals surface area contributed by atoms with Crippen molar-refractivity contribution in [2.75, 3.05) is 12.4 Å². The Labute approximate surface area is 130 Å². The number of hydrogen-bond acceptors (Lipinski definition) is 3. The molecule has 0 saturated carbocycles. The minimum Gasteiger partial charge on any atom is -0.494 e. The lowest BCUT2D eigenvalue weighted by Crippen LogP contribution is -2.00. The molecular weight excluding hydrogens is 319 g/mol. The summed E-state index contributed by atoms with van der Waals surface area (Å²) in [7, 11) is 1.79. The van der Waals surface area contributed by atoms with Crippen molar-refractivity contribution < 1.29 is 13.2 Å². The van der Waals surface area contributed by atoms with Gasteiger partial charge in [-0.15, -0.1) is 0 Å². The third kappa shape index (κ3) is 7.36. The molecular formula is C14H20Cl2O3S. The lowest BCUT2D eigenvalue weighted by molar-refractivity contribution is 0.305. The van der Waals surface area contributed by atoms with Gasteiger partial charge in [0.1, 0.15) is 5.75 Å². The molecule has 0 aliphatic rings. The van der Waals surface area contributed by atoms with Crippen molar-refractivity contribution in [3.05, 3.63) is 28.8 Å². The Hall–Kier alpha value is -0.450. The Morgan fingerprint density at radius 3 is 2.50 bits per heavy atom. The van der Waals surface area contributed by atoms with Crippen molar-refractivity contribution >= 4 is 31.3 Å². The monoisotopic (exact) mass is 338 g/mol. The minimum atomic E-state index is -3.34. The molecule has 0 unspecified atom stereocenters. The highest BCUT2D eigenvalue weighted by atomic mass is 35.7. The maximum absolute atomic E-state index is 10.7. The zero-order valence-electron chi connectivity index (χ0n) is 11.6. The van der Waals surface area contributed by atoms with Gasteiger partial charge in [-0.2, -0.15) is 0 Å². The van der Waals surface area contributed by atoms with Gasteiger partial charge in [0.15, 0.2) is 0 Å². The average molecular weight is 339 g/mol. The fraction of sp³-hybridized carbons (Fsp3) is 0.571. The highest BCUT2D eigenvalue weighted by molar-refractivity contribution is 8.13. The van der Waals surface area contributed by atoms with E-state index in [1.165, 1.54) is 0 Å². The van der Waals surface area contributed by atoms with E-state index in [1.807, 2.05) is 18.2 Å². The van der Waals surface area contributed by atoms with E-state index in [2.05, 4.69) is 6.92 Å². The average Bonchev–Trinajstić information content (AvgIpc) is 2.38. The molecule has 0 amide bonds. The van der Waals surface area contributed by atoms with E-state index >= 15 is 0 Å². The van der Waals surface area contributed by atoms with Crippen LogP contribution < -0.4 is 4.74 Å². The summed E-state index contributed by atoms with van der Waals surface area (Å²) in [5.41, 5.74) is 1.08. The largest absolute Gasteiger partial charge is 0.494 e. The minimum absolute atomic E-state index is 0.0481. The molecule has 1 aromatic rings. The zero-order valence-corrected chi connectivity index (χ0v) is 13.9. The predicted molar refractivity (Wildman–Crippen MR) is 84.4 cm³/mol. The highest BCUT2D eigenvalue weighted by Gasteiger charge is 2.04. The highest BCUT2D eigenvalue weighted by Crippen LogP contribution is 2.22. The fourth-order valence-electron chi connectivity index (χ4n) is 1.83. The van der Waals surface area contributed by atoms with Crippen LogP contribution in [0, 0.1) is 0 Å². The van der Waals surface area contributed by atoms with Crippen molar-refractivity contribution in [2.45, 2.75) is 39.0 Å². The number of rotatable bonds is 9. The smallest absolute Gasteiger partial charge is 0.232 e. The first-order valence-electron chi connectivity index (χ1n) is 6.76. The van der Waals surface area contributed by atoms with E-state index in [0.717, 1.165) is 42.0 Å². The van der Waals surface area contributed by atoms with Gasteiger partial charge in [-0.3, -0.25) is 0 Å². The van der Waals surface area contributed by atoms with Crippen LogP contribution in [-0.2, 0) is 15.5 Å². The first-order valence-corrected chi connectivity index (χ1v) is 9.61. The lowest BCUT2D eigenvalue weighted by atomic mass is 10.1. The molecule has 0 aliphatic heterocycles. The molecule has 0 heterocycles. The van der Waals surface area contributed by atoms with Crippen LogP contribution in [0.1, 0.15) is 38.2 Å². The topological polar surface area (TPSA) is 43.4 Å². The van der Waals surface area contributed by atoms with Crippen LogP contribution in [0.5, 0.6) is 5.75 Å². The van der Waals surface area contributed by atoms with Gasteiger partial charge in [0, 0.05) is 15.7 Å². The normalized spacial score (nSPS) is 11.6. The van der Waals surface area contributed by atoms with Crippen LogP contribution in [0.2, 0.25) is 5.02 Å². The van der Waals surface area contributed by atoms with E-state index in [-0.39, 0.29) is 5.75 Å². The molecule has 0 aromatic heterocycles. The molecule has 0 aliphatic carbocycles. The quantitative estimate of drug-likeness (QED) is 0.494. The second-order valence-corrected chi connectivity index (χ2v) is 7.92. The van der Waals surface area contributed by atoms with Crippen LogP contribution in [0.25, 0.3) is 0 Å². The number of aryl methyl sites for hydroxylation is 1. The molecule has 114 valence electrons. The standard InChI is InChI=1S/C14H20Cl2O3S/c1-2-12-11-13(7-8-14(12)15)19-9-5-3-4-6-10-20(16,17)18/h7-8,11H,2-6,9-10H2,1H3. The number of halogens is 2. The van der Waals surface area contributed by atoms with Gasteiger partial charge in [-0.25, -0.2) is 8.42 Å². The van der Waals surface area contributed by atoms with E-state index < -0.39 is 9.05 Å². The Morgan fingerprint density at radius 2 is 1.85 bits per heavy atom. The maximum Gasteiger partial charge on any atom is 0.232 e. The maximum atomic E-state index is 10.7. The summed E-state index contributed by atoms with van der Waals surface area (Å²) in [4.78, 5) is 0. The fourth-order valence-corrected chi connectivity index (χ4v) is 2.96. The predicted octanol–water partition coefficient (Wildman–Crippen LogP) is 4.41. The van der Waals surface area contributed by atoms with Crippen LogP contribution in [0.15, 0.2) is 18.2 Å². The second kappa shape index (κ2) is 8.75. The summed E-state index contributed by atoms with van der Waals surface area (Å²) >= 11 is 6.04. The van der Waals surface area contributed by atoms with Gasteiger partial charge in [0.05, 0.1) is 12.4 Å². The number of unbranched alkanes of at least 4 members (excludes halogenated alkanes) is 3. The van der Waals surface area contributed by atoms with E-state index in [1.54, 1.807) is 0 Å². The van der Waals surface area contributed by atoms with Crippen LogP contribution >= 0.6 is 22.3 Å². The molecule has 1 rings (SSSR count). The third-order valence-electron chi connectivity index (χ3n) is 2.95. The Balaban J connectivity index is 2.18. The van der Waals surface area contributed by atoms with E-state index in [4.69, 9.17) is 27.0 Å². The molecule has 1 aromatic carbocycles. The molecule has 3 nitrogen and oxygen atoms in total. The first-order chi connectivity index (χ1) is 9.42. The summed E-state index contributed by atoms with van der Waals surface area (Å²) < 4.78 is 27.1. The Bertz CT molecular complexity index is 515. The van der Waals surface area contributed by atoms with Crippen LogP contribution in [-0.4, -0.2) is 20.8 Å². The number of ether oxygens (including phenoxy) is 1. The third-order valence-corrected chi connectivity index (χ3v) is 4.56. The van der Waals surface area contributed by atoms with Gasteiger partial charge < -0.3 is 4.74 Å². The molecule has 0 fully saturated rings. The molecule has 20 heavy (non-hydrogen) atoms. The van der Waals surface area contributed by atoms with Crippen molar-refractivity contribution in [3.8, 4) is 5.75 Å². The van der Waals surface area contributed by atoms with Crippen molar-refractivity contribution in [3.63, 3.8) is 0 Å². The summed E-state index contributed by atoms with van der Waals surface area (Å²) in [5.74, 6) is 0.876. The summed E-state index contributed by atoms with van der Waals surface area (Å²) in [6.45, 7) is 2.67. The summed E-state index contributed by atoms with van der Waals surface area (Å²) in [5, 5.41) is 0.766. The van der Waals surface area contributed by atoms with Gasteiger partial charge in [0.2, 0.25) is 9.05 Å². The van der Waals surface area contributed by atoms with E-state index in [9.17, 15) is 8.42 Å². The van der Waals surface area contributed by atoms with Crippen molar-refractivity contribution in [1.82, 2.24) is 0 Å². The number of hydrogen-bond donors (Lipinski definition) is 0. The Morgan fingerprint density at radius 1 is 1.15 bits per heavy atom. The molecule has 0 atom stereocenters. The van der Waals surface area contributed by atoms with Crippen molar-refractivity contribution in [2.24, 2.45) is 0 Å². The molecule has 0 saturated heterocycles. The van der Waals surface area contributed by atoms with Crippen molar-refractivity contribution in [1.29, 1.82) is 0 Å². The molecule has 0 spiro atoms. The van der Waals surface area contributed by atoms with Gasteiger partial charge in [0.25, 0.3) is 0 Å². The molecule has 0 bridgehead atoms. The van der Waals surface area contributed by atoms with E-state index in [0.29, 0.717) is 13.0 Å².